The largest absolute Gasteiger partial charge is 0.384 e. The van der Waals surface area contributed by atoms with E-state index in [-0.39, 0.29) is 5.95 Å². The first-order valence-electron chi connectivity index (χ1n) is 8.35. The number of nitrogen functional groups attached to an aromatic ring is 2. The molecule has 2 aromatic heterocycles. The molecule has 2 aromatic carbocycles. The Balaban J connectivity index is 1.66. The Bertz CT molecular complexity index is 1040. The summed E-state index contributed by atoms with van der Waals surface area (Å²) in [7, 11) is 0. The van der Waals surface area contributed by atoms with E-state index in [0.717, 1.165) is 40.8 Å². The standard InChI is InChI=1S/C19H19N7/c20-18-17-15(22-8-6-12-4-2-1-3-5-12)10-13(11-16(17)25-26-18)14-7-9-23-19(21)24-14/h1-5,7,9-11,22H,6,8H2,(H3,20,25,26)(H2,21,23,24). The molecule has 0 amide bonds. The van der Waals surface area contributed by atoms with Crippen LogP contribution in [0.25, 0.3) is 22.2 Å². The van der Waals surface area contributed by atoms with Gasteiger partial charge in [-0.1, -0.05) is 30.3 Å². The Hall–Kier alpha value is -3.61. The maximum Gasteiger partial charge on any atom is 0.220 e. The number of hydrogen-bond donors (Lipinski definition) is 4. The monoisotopic (exact) mass is 345 g/mol. The second kappa shape index (κ2) is 6.72. The summed E-state index contributed by atoms with van der Waals surface area (Å²) >= 11 is 0. The Morgan fingerprint density at radius 2 is 1.88 bits per heavy atom. The van der Waals surface area contributed by atoms with Crippen molar-refractivity contribution in [3.05, 3.63) is 60.3 Å². The molecule has 6 N–H and O–H groups in total. The molecule has 4 aromatic rings. The molecule has 0 atom stereocenters. The topological polar surface area (TPSA) is 119 Å². The van der Waals surface area contributed by atoms with Crippen LogP contribution in [0.15, 0.2) is 54.7 Å². The van der Waals surface area contributed by atoms with Gasteiger partial charge in [-0.3, -0.25) is 5.10 Å². The second-order valence-corrected chi connectivity index (χ2v) is 6.02. The zero-order chi connectivity index (χ0) is 17.9. The number of nitrogens with zero attached hydrogens (tertiary/aromatic N) is 3. The normalized spacial score (nSPS) is 10.9. The lowest BCUT2D eigenvalue weighted by Gasteiger charge is -2.11. The molecular formula is C19H19N7. The highest BCUT2D eigenvalue weighted by Crippen LogP contribution is 2.32. The van der Waals surface area contributed by atoms with Crippen LogP contribution in [-0.2, 0) is 6.42 Å². The molecule has 0 aliphatic carbocycles. The average Bonchev–Trinajstić information content (AvgIpc) is 3.04. The quantitative estimate of drug-likeness (QED) is 0.442. The number of rotatable bonds is 5. The summed E-state index contributed by atoms with van der Waals surface area (Å²) in [6, 6.07) is 16.1. The minimum Gasteiger partial charge on any atom is -0.384 e. The molecule has 7 nitrogen and oxygen atoms in total. The molecule has 0 spiro atoms. The number of fused-ring (bicyclic) bond motifs is 1. The van der Waals surface area contributed by atoms with Crippen molar-refractivity contribution in [2.75, 3.05) is 23.3 Å². The lowest BCUT2D eigenvalue weighted by molar-refractivity contribution is 1.02. The van der Waals surface area contributed by atoms with Gasteiger partial charge in [-0.05, 0) is 30.2 Å². The third kappa shape index (κ3) is 3.14. The van der Waals surface area contributed by atoms with E-state index in [9.17, 15) is 0 Å². The highest BCUT2D eigenvalue weighted by Gasteiger charge is 2.12. The summed E-state index contributed by atoms with van der Waals surface area (Å²) < 4.78 is 0. The zero-order valence-corrected chi connectivity index (χ0v) is 14.1. The molecule has 0 saturated carbocycles. The summed E-state index contributed by atoms with van der Waals surface area (Å²) in [5.41, 5.74) is 16.5. The number of aromatic nitrogens is 4. The summed E-state index contributed by atoms with van der Waals surface area (Å²) in [5.74, 6) is 0.710. The number of nitrogens with one attached hydrogen (secondary N) is 2. The Kier molecular flexibility index (Phi) is 4.10. The molecule has 7 heteroatoms. The number of H-pyrrole nitrogens is 1. The van der Waals surface area contributed by atoms with Crippen LogP contribution >= 0.6 is 0 Å². The first-order chi connectivity index (χ1) is 12.7. The maximum atomic E-state index is 6.04. The van der Waals surface area contributed by atoms with Crippen LogP contribution in [0, 0.1) is 0 Å². The fourth-order valence-corrected chi connectivity index (χ4v) is 2.99. The van der Waals surface area contributed by atoms with E-state index < -0.39 is 0 Å². The van der Waals surface area contributed by atoms with E-state index in [1.165, 1.54) is 5.56 Å². The minimum absolute atomic E-state index is 0.241. The summed E-state index contributed by atoms with van der Waals surface area (Å²) in [6.07, 6.45) is 2.55. The van der Waals surface area contributed by atoms with Crippen molar-refractivity contribution < 1.29 is 0 Å². The van der Waals surface area contributed by atoms with Crippen LogP contribution in [0.3, 0.4) is 0 Å². The zero-order valence-electron chi connectivity index (χ0n) is 14.1. The summed E-state index contributed by atoms with van der Waals surface area (Å²) in [6.45, 7) is 0.777. The second-order valence-electron chi connectivity index (χ2n) is 6.02. The van der Waals surface area contributed by atoms with E-state index >= 15 is 0 Å². The van der Waals surface area contributed by atoms with Crippen molar-refractivity contribution in [3.63, 3.8) is 0 Å². The van der Waals surface area contributed by atoms with Crippen molar-refractivity contribution >= 4 is 28.4 Å². The number of aromatic amines is 1. The van der Waals surface area contributed by atoms with Crippen LogP contribution < -0.4 is 16.8 Å². The highest BCUT2D eigenvalue weighted by atomic mass is 15.2. The average molecular weight is 345 g/mol. The lowest BCUT2D eigenvalue weighted by Crippen LogP contribution is -2.06. The molecule has 4 rings (SSSR count). The SMILES string of the molecule is Nc1nccc(-c2cc(NCCc3ccccc3)c3c(N)n[nH]c3c2)n1. The first kappa shape index (κ1) is 15.9. The van der Waals surface area contributed by atoms with Crippen LogP contribution in [0.2, 0.25) is 0 Å². The van der Waals surface area contributed by atoms with E-state index in [1.54, 1.807) is 6.20 Å². The summed E-state index contributed by atoms with van der Waals surface area (Å²) in [4.78, 5) is 8.25. The Morgan fingerprint density at radius 3 is 2.69 bits per heavy atom. The fourth-order valence-electron chi connectivity index (χ4n) is 2.99. The van der Waals surface area contributed by atoms with E-state index in [1.807, 2.05) is 36.4 Å². The Morgan fingerprint density at radius 1 is 1.04 bits per heavy atom. The predicted octanol–water partition coefficient (Wildman–Crippen LogP) is 2.84. The number of nitrogens with two attached hydrogens (primary N) is 2. The Labute approximate surface area is 150 Å². The van der Waals surface area contributed by atoms with Crippen LogP contribution in [0.1, 0.15) is 5.56 Å². The maximum absolute atomic E-state index is 6.04. The number of benzene rings is 2. The number of hydrogen-bond acceptors (Lipinski definition) is 6. The molecule has 0 aliphatic rings. The van der Waals surface area contributed by atoms with Crippen LogP contribution in [0.4, 0.5) is 17.5 Å². The molecule has 0 aliphatic heterocycles. The van der Waals surface area contributed by atoms with Crippen LogP contribution in [0.5, 0.6) is 0 Å². The summed E-state index contributed by atoms with van der Waals surface area (Å²) in [5, 5.41) is 11.5. The molecule has 130 valence electrons. The molecule has 0 saturated heterocycles. The molecule has 0 bridgehead atoms. The van der Waals surface area contributed by atoms with E-state index in [0.29, 0.717) is 5.82 Å². The van der Waals surface area contributed by atoms with Gasteiger partial charge in [0.05, 0.1) is 16.6 Å². The molecule has 0 radical (unpaired) electrons. The van der Waals surface area contributed by atoms with Gasteiger partial charge in [-0.25, -0.2) is 9.97 Å². The van der Waals surface area contributed by atoms with Gasteiger partial charge in [0.25, 0.3) is 0 Å². The van der Waals surface area contributed by atoms with Gasteiger partial charge < -0.3 is 16.8 Å². The van der Waals surface area contributed by atoms with Gasteiger partial charge in [0.15, 0.2) is 5.82 Å². The molecule has 0 unspecified atom stereocenters. The van der Waals surface area contributed by atoms with Gasteiger partial charge in [-0.15, -0.1) is 0 Å². The fraction of sp³-hybridized carbons (Fsp3) is 0.105. The molecule has 0 fully saturated rings. The minimum atomic E-state index is 0.241. The van der Waals surface area contributed by atoms with Crippen molar-refractivity contribution in [2.45, 2.75) is 6.42 Å². The van der Waals surface area contributed by atoms with Gasteiger partial charge >= 0.3 is 0 Å². The third-order valence-electron chi connectivity index (χ3n) is 4.23. The molecule has 26 heavy (non-hydrogen) atoms. The lowest BCUT2D eigenvalue weighted by atomic mass is 10.1. The molecule has 2 heterocycles. The van der Waals surface area contributed by atoms with E-state index in [4.69, 9.17) is 11.5 Å². The first-order valence-corrected chi connectivity index (χ1v) is 8.35. The van der Waals surface area contributed by atoms with Gasteiger partial charge in [-0.2, -0.15) is 5.10 Å². The van der Waals surface area contributed by atoms with Crippen molar-refractivity contribution in [3.8, 4) is 11.3 Å². The number of anilines is 3. The van der Waals surface area contributed by atoms with Gasteiger partial charge in [0.1, 0.15) is 0 Å². The van der Waals surface area contributed by atoms with E-state index in [2.05, 4.69) is 37.6 Å². The van der Waals surface area contributed by atoms with Crippen molar-refractivity contribution in [2.24, 2.45) is 0 Å². The highest BCUT2D eigenvalue weighted by molar-refractivity contribution is 6.02. The van der Waals surface area contributed by atoms with Crippen molar-refractivity contribution in [1.29, 1.82) is 0 Å². The van der Waals surface area contributed by atoms with Crippen LogP contribution in [-0.4, -0.2) is 26.7 Å². The third-order valence-corrected chi connectivity index (χ3v) is 4.23. The van der Waals surface area contributed by atoms with Crippen molar-refractivity contribution in [1.82, 2.24) is 20.2 Å². The smallest absolute Gasteiger partial charge is 0.220 e. The molecular weight excluding hydrogens is 326 g/mol. The van der Waals surface area contributed by atoms with Gasteiger partial charge in [0.2, 0.25) is 5.95 Å². The van der Waals surface area contributed by atoms with Gasteiger partial charge in [0, 0.05) is 24.0 Å². The predicted molar refractivity (Wildman–Crippen MR) is 105 cm³/mol.